The molecule has 24 heavy (non-hydrogen) atoms. The summed E-state index contributed by atoms with van der Waals surface area (Å²) in [6.07, 6.45) is 6.93. The molecule has 6 heteroatoms. The lowest BCUT2D eigenvalue weighted by Gasteiger charge is -2.30. The Hall–Kier alpha value is -2.05. The highest BCUT2D eigenvalue weighted by atomic mass is 16.4. The number of aliphatic hydroxyl groups excluding tert-OH is 1. The topological polar surface area (TPSA) is 87.1 Å². The molecule has 130 valence electrons. The van der Waals surface area contributed by atoms with Crippen LogP contribution in [-0.4, -0.2) is 27.7 Å². The maximum absolute atomic E-state index is 11.6. The van der Waals surface area contributed by atoms with E-state index in [0.29, 0.717) is 24.5 Å². The van der Waals surface area contributed by atoms with Crippen LogP contribution in [0.2, 0.25) is 0 Å². The summed E-state index contributed by atoms with van der Waals surface area (Å²) in [6, 6.07) is 5.08. The zero-order chi connectivity index (χ0) is 16.9. The largest absolute Gasteiger partial charge is 0.502 e. The van der Waals surface area contributed by atoms with E-state index < -0.39 is 11.5 Å². The molecule has 0 radical (unpaired) electrons. The highest BCUT2D eigenvalue weighted by Gasteiger charge is 2.26. The number of hydrogen-bond donors (Lipinski definition) is 2. The van der Waals surface area contributed by atoms with Gasteiger partial charge in [-0.3, -0.25) is 9.69 Å². The summed E-state index contributed by atoms with van der Waals surface area (Å²) in [5.74, 6) is 0.729. The second kappa shape index (κ2) is 7.68. The van der Waals surface area contributed by atoms with Crippen LogP contribution in [0.1, 0.15) is 49.7 Å². The molecule has 1 saturated heterocycles. The van der Waals surface area contributed by atoms with Gasteiger partial charge in [0.25, 0.3) is 0 Å². The number of nitrogens with zero attached hydrogens (tertiary/aromatic N) is 1. The van der Waals surface area contributed by atoms with E-state index in [1.165, 1.54) is 6.07 Å². The lowest BCUT2D eigenvalue weighted by atomic mass is 10.0. The summed E-state index contributed by atoms with van der Waals surface area (Å²) in [4.78, 5) is 13.8. The summed E-state index contributed by atoms with van der Waals surface area (Å²) < 4.78 is 10.6. The van der Waals surface area contributed by atoms with Crippen molar-refractivity contribution < 1.29 is 19.0 Å². The predicted molar refractivity (Wildman–Crippen MR) is 87.6 cm³/mol. The average molecular weight is 333 g/mol. The van der Waals surface area contributed by atoms with E-state index in [2.05, 4.69) is 4.90 Å². The highest BCUT2D eigenvalue weighted by Crippen LogP contribution is 2.27. The van der Waals surface area contributed by atoms with Crippen LogP contribution in [0.3, 0.4) is 0 Å². The standard InChI is InChI=1S/C18H23NO5/c20-15-10-14(24-12-17(15)22)11-19-7-3-1-2-5-13(19)9-16(21)18-6-4-8-23-18/h4,6,8,10,12-13,16,21-22H,1-3,5,7,9,11H2/t13-,16-/m1/s1. The fourth-order valence-corrected chi connectivity index (χ4v) is 3.29. The third-order valence-electron chi connectivity index (χ3n) is 4.59. The molecule has 1 aliphatic heterocycles. The molecule has 2 aromatic rings. The van der Waals surface area contributed by atoms with Gasteiger partial charge in [0.05, 0.1) is 12.8 Å². The molecule has 0 bridgehead atoms. The zero-order valence-electron chi connectivity index (χ0n) is 13.6. The lowest BCUT2D eigenvalue weighted by Crippen LogP contribution is -2.35. The Morgan fingerprint density at radius 2 is 2.17 bits per heavy atom. The van der Waals surface area contributed by atoms with Crippen molar-refractivity contribution >= 4 is 0 Å². The van der Waals surface area contributed by atoms with E-state index in [9.17, 15) is 15.0 Å². The number of rotatable bonds is 5. The maximum atomic E-state index is 11.6. The summed E-state index contributed by atoms with van der Waals surface area (Å²) in [5.41, 5.74) is -0.432. The van der Waals surface area contributed by atoms with Gasteiger partial charge < -0.3 is 19.0 Å². The predicted octanol–water partition coefficient (Wildman–Crippen LogP) is 2.81. The van der Waals surface area contributed by atoms with Gasteiger partial charge in [-0.05, 0) is 37.9 Å². The molecule has 3 rings (SSSR count). The van der Waals surface area contributed by atoms with Crippen LogP contribution in [-0.2, 0) is 6.54 Å². The third kappa shape index (κ3) is 4.07. The maximum Gasteiger partial charge on any atom is 0.226 e. The molecular weight excluding hydrogens is 310 g/mol. The quantitative estimate of drug-likeness (QED) is 0.875. The Balaban J connectivity index is 1.72. The summed E-state index contributed by atoms with van der Waals surface area (Å²) >= 11 is 0. The van der Waals surface area contributed by atoms with Gasteiger partial charge in [0, 0.05) is 12.1 Å². The van der Waals surface area contributed by atoms with Crippen molar-refractivity contribution in [2.45, 2.75) is 50.8 Å². The molecule has 3 heterocycles. The van der Waals surface area contributed by atoms with Crippen LogP contribution in [0, 0.1) is 0 Å². The lowest BCUT2D eigenvalue weighted by molar-refractivity contribution is 0.0795. The van der Waals surface area contributed by atoms with Gasteiger partial charge in [0.15, 0.2) is 5.75 Å². The van der Waals surface area contributed by atoms with E-state index in [4.69, 9.17) is 8.83 Å². The summed E-state index contributed by atoms with van der Waals surface area (Å²) in [6.45, 7) is 1.38. The molecule has 2 N–H and O–H groups in total. The van der Waals surface area contributed by atoms with Crippen molar-refractivity contribution in [3.05, 3.63) is 52.5 Å². The van der Waals surface area contributed by atoms with Crippen LogP contribution < -0.4 is 5.43 Å². The van der Waals surface area contributed by atoms with Crippen LogP contribution in [0.25, 0.3) is 0 Å². The van der Waals surface area contributed by atoms with Crippen molar-refractivity contribution in [3.8, 4) is 5.75 Å². The molecule has 0 aliphatic carbocycles. The zero-order valence-corrected chi connectivity index (χ0v) is 13.6. The van der Waals surface area contributed by atoms with Gasteiger partial charge in [-0.15, -0.1) is 0 Å². The van der Waals surface area contributed by atoms with Crippen LogP contribution in [0.5, 0.6) is 5.75 Å². The molecule has 2 aromatic heterocycles. The van der Waals surface area contributed by atoms with Crippen molar-refractivity contribution in [3.63, 3.8) is 0 Å². The normalized spacial score (nSPS) is 20.6. The molecular formula is C18H23NO5. The fraction of sp³-hybridized carbons (Fsp3) is 0.500. The molecule has 0 amide bonds. The number of aromatic hydroxyl groups is 1. The Morgan fingerprint density at radius 3 is 2.92 bits per heavy atom. The van der Waals surface area contributed by atoms with Crippen molar-refractivity contribution in [1.82, 2.24) is 4.90 Å². The SMILES string of the molecule is O=c1cc(CN2CCCCC[C@@H]2C[C@@H](O)c2ccco2)occ1O. The van der Waals surface area contributed by atoms with Gasteiger partial charge in [0.2, 0.25) is 5.43 Å². The van der Waals surface area contributed by atoms with E-state index >= 15 is 0 Å². The van der Waals surface area contributed by atoms with Crippen LogP contribution in [0.4, 0.5) is 0 Å². The van der Waals surface area contributed by atoms with Gasteiger partial charge in [0.1, 0.15) is 23.9 Å². The molecule has 0 saturated carbocycles. The second-order valence-electron chi connectivity index (χ2n) is 6.34. The molecule has 0 unspecified atom stereocenters. The molecule has 0 aromatic carbocycles. The Bertz CT molecular complexity index is 694. The van der Waals surface area contributed by atoms with E-state index in [-0.39, 0.29) is 11.8 Å². The molecule has 2 atom stereocenters. The molecule has 1 fully saturated rings. The summed E-state index contributed by atoms with van der Waals surface area (Å²) in [7, 11) is 0. The Labute approximate surface area is 140 Å². The van der Waals surface area contributed by atoms with Crippen LogP contribution >= 0.6 is 0 Å². The van der Waals surface area contributed by atoms with E-state index in [1.54, 1.807) is 18.4 Å². The first-order chi connectivity index (χ1) is 11.6. The molecule has 0 spiro atoms. The molecule has 1 aliphatic rings. The Morgan fingerprint density at radius 1 is 1.29 bits per heavy atom. The third-order valence-corrected chi connectivity index (χ3v) is 4.59. The van der Waals surface area contributed by atoms with Crippen molar-refractivity contribution in [2.75, 3.05) is 6.54 Å². The number of furan rings is 1. The first-order valence-electron chi connectivity index (χ1n) is 8.39. The minimum atomic E-state index is -0.641. The summed E-state index contributed by atoms with van der Waals surface area (Å²) in [5, 5.41) is 19.7. The van der Waals surface area contributed by atoms with Gasteiger partial charge in [-0.25, -0.2) is 0 Å². The molecule has 6 nitrogen and oxygen atoms in total. The fourth-order valence-electron chi connectivity index (χ4n) is 3.29. The number of hydrogen-bond acceptors (Lipinski definition) is 6. The monoisotopic (exact) mass is 333 g/mol. The van der Waals surface area contributed by atoms with Gasteiger partial charge in [-0.1, -0.05) is 12.8 Å². The first-order valence-corrected chi connectivity index (χ1v) is 8.39. The van der Waals surface area contributed by atoms with Crippen LogP contribution in [0.15, 0.2) is 44.4 Å². The average Bonchev–Trinajstić information content (AvgIpc) is 3.02. The van der Waals surface area contributed by atoms with Gasteiger partial charge in [-0.2, -0.15) is 0 Å². The minimum absolute atomic E-state index is 0.187. The smallest absolute Gasteiger partial charge is 0.226 e. The minimum Gasteiger partial charge on any atom is -0.502 e. The van der Waals surface area contributed by atoms with Gasteiger partial charge >= 0.3 is 0 Å². The number of aliphatic hydroxyl groups is 1. The van der Waals surface area contributed by atoms with Crippen molar-refractivity contribution in [1.29, 1.82) is 0 Å². The number of likely N-dealkylation sites (tertiary alicyclic amines) is 1. The second-order valence-corrected chi connectivity index (χ2v) is 6.34. The first kappa shape index (κ1) is 16.8. The Kier molecular flexibility index (Phi) is 5.37. The van der Waals surface area contributed by atoms with E-state index in [1.807, 2.05) is 0 Å². The van der Waals surface area contributed by atoms with Crippen molar-refractivity contribution in [2.24, 2.45) is 0 Å². The van der Waals surface area contributed by atoms with E-state index in [0.717, 1.165) is 38.5 Å². The highest BCUT2D eigenvalue weighted by molar-refractivity contribution is 5.15.